The van der Waals surface area contributed by atoms with Gasteiger partial charge in [-0.05, 0) is 68.9 Å². The predicted molar refractivity (Wildman–Crippen MR) is 106 cm³/mol. The van der Waals surface area contributed by atoms with Crippen LogP contribution in [0.4, 0.5) is 5.95 Å². The molecule has 1 aliphatic carbocycles. The van der Waals surface area contributed by atoms with Gasteiger partial charge in [-0.3, -0.25) is 4.79 Å². The quantitative estimate of drug-likeness (QED) is 0.718. The average Bonchev–Trinajstić information content (AvgIpc) is 3.17. The molecule has 0 radical (unpaired) electrons. The van der Waals surface area contributed by atoms with Gasteiger partial charge in [0.25, 0.3) is 5.56 Å². The number of rotatable bonds is 3. The predicted octanol–water partition coefficient (Wildman–Crippen LogP) is 4.34. The third kappa shape index (κ3) is 2.90. The van der Waals surface area contributed by atoms with Crippen molar-refractivity contribution in [2.75, 3.05) is 5.43 Å². The van der Waals surface area contributed by atoms with Crippen molar-refractivity contribution in [1.82, 2.24) is 9.55 Å². The first-order valence-corrected chi connectivity index (χ1v) is 9.05. The van der Waals surface area contributed by atoms with E-state index < -0.39 is 0 Å². The standard InChI is InChI=1S/C21H22N4O/c1-14-8-7-13-19(15(14)2)25-20(26)17-11-5-6-12-18(17)22-21(25)24-23-16-9-3-4-10-16/h5-8,11-13H,3-4,9-10H2,1-2H3,(H,22,24). The molecule has 1 fully saturated rings. The Balaban J connectivity index is 1.94. The molecule has 1 aliphatic rings. The molecule has 0 spiro atoms. The number of benzene rings is 2. The minimum absolute atomic E-state index is 0.0848. The second-order valence-corrected chi connectivity index (χ2v) is 6.81. The van der Waals surface area contributed by atoms with Gasteiger partial charge in [0.15, 0.2) is 0 Å². The van der Waals surface area contributed by atoms with Crippen LogP contribution < -0.4 is 11.0 Å². The molecule has 0 bridgehead atoms. The number of nitrogens with one attached hydrogen (secondary N) is 1. The number of fused-ring (bicyclic) bond motifs is 1. The molecule has 0 saturated heterocycles. The van der Waals surface area contributed by atoms with Crippen molar-refractivity contribution in [3.05, 3.63) is 63.9 Å². The lowest BCUT2D eigenvalue weighted by Gasteiger charge is -2.16. The summed E-state index contributed by atoms with van der Waals surface area (Å²) in [6.07, 6.45) is 4.37. The highest BCUT2D eigenvalue weighted by molar-refractivity contribution is 5.86. The summed E-state index contributed by atoms with van der Waals surface area (Å²) in [6, 6.07) is 13.4. The molecule has 3 aromatic rings. The Morgan fingerprint density at radius 2 is 1.81 bits per heavy atom. The minimum Gasteiger partial charge on any atom is -0.268 e. The number of hydrogen-bond donors (Lipinski definition) is 1. The fraction of sp³-hybridized carbons (Fsp3) is 0.286. The van der Waals surface area contributed by atoms with Gasteiger partial charge < -0.3 is 0 Å². The van der Waals surface area contributed by atoms with E-state index in [1.807, 2.05) is 56.3 Å². The zero-order valence-electron chi connectivity index (χ0n) is 15.1. The molecule has 0 unspecified atom stereocenters. The number of aromatic nitrogens is 2. The van der Waals surface area contributed by atoms with Gasteiger partial charge in [0, 0.05) is 5.71 Å². The third-order valence-corrected chi connectivity index (χ3v) is 5.09. The minimum atomic E-state index is -0.0848. The summed E-state index contributed by atoms with van der Waals surface area (Å²) < 4.78 is 1.64. The van der Waals surface area contributed by atoms with Crippen molar-refractivity contribution in [1.29, 1.82) is 0 Å². The Bertz CT molecular complexity index is 1060. The van der Waals surface area contributed by atoms with Crippen LogP contribution in [-0.4, -0.2) is 15.3 Å². The van der Waals surface area contributed by atoms with E-state index in [0.29, 0.717) is 16.9 Å². The van der Waals surface area contributed by atoms with Gasteiger partial charge in [-0.1, -0.05) is 24.3 Å². The second-order valence-electron chi connectivity index (χ2n) is 6.81. The van der Waals surface area contributed by atoms with Crippen LogP contribution in [-0.2, 0) is 0 Å². The highest BCUT2D eigenvalue weighted by Gasteiger charge is 2.15. The zero-order valence-corrected chi connectivity index (χ0v) is 15.1. The molecular formula is C21H22N4O. The van der Waals surface area contributed by atoms with Gasteiger partial charge in [0.2, 0.25) is 5.95 Å². The fourth-order valence-corrected chi connectivity index (χ4v) is 3.43. The van der Waals surface area contributed by atoms with E-state index in [1.165, 1.54) is 12.8 Å². The maximum Gasteiger partial charge on any atom is 0.267 e. The SMILES string of the molecule is Cc1cccc(-n2c(NN=C3CCCC3)nc3ccccc3c2=O)c1C. The van der Waals surface area contributed by atoms with Crippen LogP contribution in [0.3, 0.4) is 0 Å². The molecule has 1 saturated carbocycles. The fourth-order valence-electron chi connectivity index (χ4n) is 3.43. The topological polar surface area (TPSA) is 59.3 Å². The van der Waals surface area contributed by atoms with Crippen molar-refractivity contribution in [2.24, 2.45) is 5.10 Å². The molecular weight excluding hydrogens is 324 g/mol. The molecule has 1 heterocycles. The van der Waals surface area contributed by atoms with Crippen LogP contribution in [0.5, 0.6) is 0 Å². The Morgan fingerprint density at radius 3 is 2.62 bits per heavy atom. The molecule has 0 atom stereocenters. The molecule has 4 rings (SSSR count). The maximum absolute atomic E-state index is 13.2. The summed E-state index contributed by atoms with van der Waals surface area (Å²) in [7, 11) is 0. The molecule has 5 heteroatoms. The van der Waals surface area contributed by atoms with Crippen molar-refractivity contribution >= 4 is 22.6 Å². The second kappa shape index (κ2) is 6.75. The van der Waals surface area contributed by atoms with Crippen LogP contribution in [0.2, 0.25) is 0 Å². The zero-order chi connectivity index (χ0) is 18.1. The van der Waals surface area contributed by atoms with Crippen LogP contribution in [0, 0.1) is 13.8 Å². The van der Waals surface area contributed by atoms with Gasteiger partial charge in [-0.25, -0.2) is 15.0 Å². The van der Waals surface area contributed by atoms with Gasteiger partial charge in [0.05, 0.1) is 16.6 Å². The summed E-state index contributed by atoms with van der Waals surface area (Å²) in [6.45, 7) is 4.07. The molecule has 132 valence electrons. The van der Waals surface area contributed by atoms with E-state index in [2.05, 4.69) is 15.5 Å². The smallest absolute Gasteiger partial charge is 0.267 e. The lowest BCUT2D eigenvalue weighted by molar-refractivity contribution is 0.886. The van der Waals surface area contributed by atoms with Crippen LogP contribution in [0.15, 0.2) is 52.4 Å². The molecule has 0 aliphatic heterocycles. The number of aryl methyl sites for hydroxylation is 1. The van der Waals surface area contributed by atoms with Crippen LogP contribution in [0.1, 0.15) is 36.8 Å². The summed E-state index contributed by atoms with van der Waals surface area (Å²) >= 11 is 0. The first-order chi connectivity index (χ1) is 12.6. The van der Waals surface area contributed by atoms with Gasteiger partial charge in [-0.2, -0.15) is 5.10 Å². The number of para-hydroxylation sites is 1. The first-order valence-electron chi connectivity index (χ1n) is 9.05. The molecule has 5 nitrogen and oxygen atoms in total. The summed E-state index contributed by atoms with van der Waals surface area (Å²) in [5.74, 6) is 0.460. The van der Waals surface area contributed by atoms with Gasteiger partial charge >= 0.3 is 0 Å². The Labute approximate surface area is 152 Å². The number of hydrogen-bond acceptors (Lipinski definition) is 4. The van der Waals surface area contributed by atoms with Crippen LogP contribution in [0.25, 0.3) is 16.6 Å². The molecule has 0 amide bonds. The highest BCUT2D eigenvalue weighted by atomic mass is 16.1. The lowest BCUT2D eigenvalue weighted by Crippen LogP contribution is -2.23. The van der Waals surface area contributed by atoms with Crippen molar-refractivity contribution in [3.63, 3.8) is 0 Å². The third-order valence-electron chi connectivity index (χ3n) is 5.09. The number of hydrazone groups is 1. The average molecular weight is 346 g/mol. The summed E-state index contributed by atoms with van der Waals surface area (Å²) in [4.78, 5) is 17.9. The van der Waals surface area contributed by atoms with E-state index in [1.54, 1.807) is 4.57 Å². The van der Waals surface area contributed by atoms with Gasteiger partial charge in [-0.15, -0.1) is 0 Å². The lowest BCUT2D eigenvalue weighted by atomic mass is 10.1. The van der Waals surface area contributed by atoms with Crippen molar-refractivity contribution in [2.45, 2.75) is 39.5 Å². The molecule has 2 aromatic carbocycles. The number of anilines is 1. The first kappa shape index (κ1) is 16.5. The maximum atomic E-state index is 13.2. The van der Waals surface area contributed by atoms with Crippen molar-refractivity contribution in [3.8, 4) is 5.69 Å². The van der Waals surface area contributed by atoms with E-state index in [-0.39, 0.29) is 5.56 Å². The molecule has 26 heavy (non-hydrogen) atoms. The Kier molecular flexibility index (Phi) is 4.29. The molecule has 1 N–H and O–H groups in total. The largest absolute Gasteiger partial charge is 0.268 e. The highest BCUT2D eigenvalue weighted by Crippen LogP contribution is 2.22. The summed E-state index contributed by atoms with van der Waals surface area (Å²) in [5, 5.41) is 5.13. The monoisotopic (exact) mass is 346 g/mol. The van der Waals surface area contributed by atoms with E-state index in [4.69, 9.17) is 0 Å². The van der Waals surface area contributed by atoms with E-state index in [0.717, 1.165) is 35.4 Å². The van der Waals surface area contributed by atoms with Crippen molar-refractivity contribution < 1.29 is 0 Å². The number of nitrogens with zero attached hydrogens (tertiary/aromatic N) is 3. The Morgan fingerprint density at radius 1 is 1.04 bits per heavy atom. The normalized spacial score (nSPS) is 14.0. The Hall–Kier alpha value is -2.95. The summed E-state index contributed by atoms with van der Waals surface area (Å²) in [5.41, 5.74) is 7.83. The van der Waals surface area contributed by atoms with E-state index in [9.17, 15) is 4.79 Å². The van der Waals surface area contributed by atoms with Crippen LogP contribution >= 0.6 is 0 Å². The van der Waals surface area contributed by atoms with Gasteiger partial charge in [0.1, 0.15) is 0 Å². The van der Waals surface area contributed by atoms with E-state index >= 15 is 0 Å². The molecule has 1 aromatic heterocycles.